The van der Waals surface area contributed by atoms with E-state index in [2.05, 4.69) is 22.6 Å². The highest BCUT2D eigenvalue weighted by Crippen LogP contribution is 1.97. The Balaban J connectivity index is 3.50. The van der Waals surface area contributed by atoms with Gasteiger partial charge in [0.2, 0.25) is 0 Å². The van der Waals surface area contributed by atoms with E-state index in [1.54, 1.807) is 0 Å². The molecule has 0 bridgehead atoms. The predicted molar refractivity (Wildman–Crippen MR) is 95.4 cm³/mol. The van der Waals surface area contributed by atoms with Crippen LogP contribution < -0.4 is 0 Å². The first-order chi connectivity index (χ1) is 13.2. The van der Waals surface area contributed by atoms with Crippen LogP contribution in [0.3, 0.4) is 0 Å². The van der Waals surface area contributed by atoms with E-state index in [4.69, 9.17) is 18.9 Å². The van der Waals surface area contributed by atoms with Crippen LogP contribution in [0.4, 0.5) is 9.59 Å². The van der Waals surface area contributed by atoms with Gasteiger partial charge in [0.25, 0.3) is 0 Å². The van der Waals surface area contributed by atoms with Gasteiger partial charge in [-0.3, -0.25) is 0 Å². The second kappa shape index (κ2) is 15.1. The van der Waals surface area contributed by atoms with Crippen molar-refractivity contribution in [2.75, 3.05) is 39.6 Å². The van der Waals surface area contributed by atoms with Crippen LogP contribution in [0.5, 0.6) is 0 Å². The molecule has 0 aromatic rings. The van der Waals surface area contributed by atoms with E-state index < -0.39 is 24.2 Å². The number of hydrogen-bond acceptors (Lipinski definition) is 10. The lowest BCUT2D eigenvalue weighted by Gasteiger charge is -2.08. The first-order valence-electron chi connectivity index (χ1n) is 8.48. The van der Waals surface area contributed by atoms with Crippen molar-refractivity contribution in [3.8, 4) is 0 Å². The summed E-state index contributed by atoms with van der Waals surface area (Å²) in [4.78, 5) is 44.6. The average molecular weight is 402 g/mol. The van der Waals surface area contributed by atoms with Crippen molar-refractivity contribution in [3.05, 3.63) is 24.3 Å². The Labute approximate surface area is 163 Å². The molecular weight excluding hydrogens is 376 g/mol. The molecule has 0 rings (SSSR count). The van der Waals surface area contributed by atoms with Gasteiger partial charge in [-0.2, -0.15) is 0 Å². The lowest BCUT2D eigenvalue weighted by Crippen LogP contribution is -2.16. The number of ether oxygens (including phenoxy) is 6. The lowest BCUT2D eigenvalue weighted by atomic mass is 10.3. The van der Waals surface area contributed by atoms with E-state index >= 15 is 0 Å². The fourth-order valence-electron chi connectivity index (χ4n) is 1.36. The van der Waals surface area contributed by atoms with Crippen LogP contribution in [0.1, 0.15) is 26.7 Å². The standard InChI is InChI=1S/C18H26O10/c1-13(2)15(19)23-9-11-27-17(21)25-7-5-6-8-26-18(22)28-12-10-24-16(20)14(3)4/h1,3,5-12H2,2,4H3. The van der Waals surface area contributed by atoms with Gasteiger partial charge in [-0.25, -0.2) is 19.2 Å². The number of rotatable bonds is 13. The predicted octanol–water partition coefficient (Wildman–Crippen LogP) is 2.31. The largest absolute Gasteiger partial charge is 0.508 e. The molecule has 0 saturated heterocycles. The Bertz CT molecular complexity index is 517. The van der Waals surface area contributed by atoms with E-state index in [0.29, 0.717) is 12.8 Å². The quantitative estimate of drug-likeness (QED) is 0.196. The minimum absolute atomic E-state index is 0.0691. The average Bonchev–Trinajstić information content (AvgIpc) is 2.64. The van der Waals surface area contributed by atoms with Gasteiger partial charge in [0.1, 0.15) is 26.4 Å². The molecule has 0 N–H and O–H groups in total. The maximum Gasteiger partial charge on any atom is 0.508 e. The SMILES string of the molecule is C=C(C)C(=O)OCCOC(=O)OCCCCOC(=O)OCCOC(=O)C(=C)C. The fraction of sp³-hybridized carbons (Fsp3) is 0.556. The first kappa shape index (κ1) is 25.0. The van der Waals surface area contributed by atoms with Crippen molar-refractivity contribution in [2.24, 2.45) is 0 Å². The van der Waals surface area contributed by atoms with E-state index in [1.165, 1.54) is 13.8 Å². The fourth-order valence-corrected chi connectivity index (χ4v) is 1.36. The molecule has 10 heteroatoms. The van der Waals surface area contributed by atoms with Crippen LogP contribution in [0.2, 0.25) is 0 Å². The summed E-state index contributed by atoms with van der Waals surface area (Å²) in [6.07, 6.45) is -0.918. The third kappa shape index (κ3) is 14.2. The molecule has 158 valence electrons. The molecule has 0 aliphatic heterocycles. The molecule has 0 aliphatic rings. The molecular formula is C18H26O10. The van der Waals surface area contributed by atoms with Gasteiger partial charge in [-0.05, 0) is 26.7 Å². The van der Waals surface area contributed by atoms with Crippen LogP contribution in [-0.4, -0.2) is 63.9 Å². The van der Waals surface area contributed by atoms with Crippen molar-refractivity contribution in [3.63, 3.8) is 0 Å². The van der Waals surface area contributed by atoms with Gasteiger partial charge in [0.15, 0.2) is 0 Å². The Hall–Kier alpha value is -3.04. The smallest absolute Gasteiger partial charge is 0.459 e. The second-order valence-corrected chi connectivity index (χ2v) is 5.43. The second-order valence-electron chi connectivity index (χ2n) is 5.43. The van der Waals surface area contributed by atoms with Crippen molar-refractivity contribution in [2.45, 2.75) is 26.7 Å². The highest BCUT2D eigenvalue weighted by atomic mass is 16.7. The van der Waals surface area contributed by atoms with Gasteiger partial charge in [-0.1, -0.05) is 13.2 Å². The third-order valence-electron chi connectivity index (χ3n) is 2.75. The van der Waals surface area contributed by atoms with Crippen LogP contribution >= 0.6 is 0 Å². The van der Waals surface area contributed by atoms with Gasteiger partial charge >= 0.3 is 24.2 Å². The van der Waals surface area contributed by atoms with Crippen LogP contribution in [0.15, 0.2) is 24.3 Å². The van der Waals surface area contributed by atoms with Crippen molar-refractivity contribution < 1.29 is 47.6 Å². The van der Waals surface area contributed by atoms with Gasteiger partial charge in [0.05, 0.1) is 13.2 Å². The minimum atomic E-state index is -0.893. The number of hydrogen-bond donors (Lipinski definition) is 0. The third-order valence-corrected chi connectivity index (χ3v) is 2.75. The van der Waals surface area contributed by atoms with Crippen molar-refractivity contribution in [1.82, 2.24) is 0 Å². The summed E-state index contributed by atoms with van der Waals surface area (Å²) in [5, 5.41) is 0. The molecule has 0 aromatic heterocycles. The highest BCUT2D eigenvalue weighted by molar-refractivity contribution is 5.87. The molecule has 0 fully saturated rings. The number of unbranched alkanes of at least 4 members (excludes halogenated alkanes) is 1. The Kier molecular flexibility index (Phi) is 13.4. The minimum Gasteiger partial charge on any atom is -0.459 e. The van der Waals surface area contributed by atoms with E-state index in [-0.39, 0.29) is 50.8 Å². The zero-order valence-electron chi connectivity index (χ0n) is 16.2. The molecule has 0 unspecified atom stereocenters. The van der Waals surface area contributed by atoms with Crippen LogP contribution in [0, 0.1) is 0 Å². The van der Waals surface area contributed by atoms with E-state index in [9.17, 15) is 19.2 Å². The molecule has 0 saturated carbocycles. The zero-order chi connectivity index (χ0) is 21.4. The van der Waals surface area contributed by atoms with Crippen molar-refractivity contribution >= 4 is 24.2 Å². The molecule has 10 nitrogen and oxygen atoms in total. The summed E-state index contributed by atoms with van der Waals surface area (Å²) in [5.41, 5.74) is 0.500. The van der Waals surface area contributed by atoms with E-state index in [0.717, 1.165) is 0 Å². The molecule has 0 spiro atoms. The van der Waals surface area contributed by atoms with E-state index in [1.807, 2.05) is 0 Å². The topological polar surface area (TPSA) is 124 Å². The Morgan fingerprint density at radius 2 is 0.821 bits per heavy atom. The molecule has 0 amide bonds. The Morgan fingerprint density at radius 3 is 1.14 bits per heavy atom. The molecule has 0 heterocycles. The highest BCUT2D eigenvalue weighted by Gasteiger charge is 2.08. The number of carbonyl (C=O) groups excluding carboxylic acids is 4. The molecule has 0 atom stereocenters. The molecule has 0 radical (unpaired) electrons. The van der Waals surface area contributed by atoms with Gasteiger partial charge in [-0.15, -0.1) is 0 Å². The first-order valence-corrected chi connectivity index (χ1v) is 8.48. The molecule has 0 aliphatic carbocycles. The summed E-state index contributed by atoms with van der Waals surface area (Å²) < 4.78 is 28.4. The lowest BCUT2D eigenvalue weighted by molar-refractivity contribution is -0.141. The van der Waals surface area contributed by atoms with Crippen LogP contribution in [-0.2, 0) is 38.0 Å². The molecule has 0 aromatic carbocycles. The summed E-state index contributed by atoms with van der Waals surface area (Å²) in [7, 11) is 0. The van der Waals surface area contributed by atoms with Gasteiger partial charge < -0.3 is 28.4 Å². The zero-order valence-corrected chi connectivity index (χ0v) is 16.2. The summed E-state index contributed by atoms with van der Waals surface area (Å²) in [5.74, 6) is -1.13. The summed E-state index contributed by atoms with van der Waals surface area (Å²) in [6.45, 7) is 9.51. The Morgan fingerprint density at radius 1 is 0.536 bits per heavy atom. The van der Waals surface area contributed by atoms with Crippen LogP contribution in [0.25, 0.3) is 0 Å². The number of esters is 2. The van der Waals surface area contributed by atoms with Crippen molar-refractivity contribution in [1.29, 1.82) is 0 Å². The summed E-state index contributed by atoms with van der Waals surface area (Å²) >= 11 is 0. The maximum atomic E-state index is 11.3. The number of carbonyl (C=O) groups is 4. The molecule has 28 heavy (non-hydrogen) atoms. The monoisotopic (exact) mass is 402 g/mol. The summed E-state index contributed by atoms with van der Waals surface area (Å²) in [6, 6.07) is 0. The van der Waals surface area contributed by atoms with Gasteiger partial charge in [0, 0.05) is 11.1 Å². The normalized spacial score (nSPS) is 9.64. The maximum absolute atomic E-state index is 11.3.